The Kier molecular flexibility index (Phi) is 6.49. The number of methoxy groups -OCH3 is 1. The molecule has 0 aliphatic rings. The van der Waals surface area contributed by atoms with Crippen molar-refractivity contribution in [2.24, 2.45) is 0 Å². The fraction of sp³-hybridized carbons (Fsp3) is 0.474. The van der Waals surface area contributed by atoms with Crippen molar-refractivity contribution in [3.05, 3.63) is 36.0 Å². The first-order valence-corrected chi connectivity index (χ1v) is 10.1. The van der Waals surface area contributed by atoms with Gasteiger partial charge in [0.05, 0.1) is 12.9 Å². The lowest BCUT2D eigenvalue weighted by molar-refractivity contribution is 0.415. The molecule has 0 amide bonds. The van der Waals surface area contributed by atoms with Crippen molar-refractivity contribution in [1.29, 1.82) is 0 Å². The summed E-state index contributed by atoms with van der Waals surface area (Å²) < 4.78 is 13.1. The first-order chi connectivity index (χ1) is 13.1. The molecule has 2 heterocycles. The van der Waals surface area contributed by atoms with Crippen LogP contribution < -0.4 is 4.74 Å². The first kappa shape index (κ1) is 19.4. The number of ether oxygens (including phenoxy) is 1. The molecule has 0 radical (unpaired) electrons. The molecule has 8 heteroatoms. The van der Waals surface area contributed by atoms with Crippen LogP contribution in [-0.2, 0) is 12.3 Å². The molecule has 0 aliphatic carbocycles. The molecular weight excluding hydrogens is 362 g/mol. The van der Waals surface area contributed by atoms with Crippen molar-refractivity contribution in [2.75, 3.05) is 7.11 Å². The number of nitrogens with zero attached hydrogens (tertiary/aromatic N) is 5. The lowest BCUT2D eigenvalue weighted by atomic mass is 10.2. The van der Waals surface area contributed by atoms with Crippen LogP contribution in [-0.4, -0.2) is 32.1 Å². The third-order valence-corrected chi connectivity index (χ3v) is 5.05. The number of thioether (sulfide) groups is 1. The summed E-state index contributed by atoms with van der Waals surface area (Å²) in [5, 5.41) is 17.9. The highest BCUT2D eigenvalue weighted by molar-refractivity contribution is 7.98. The zero-order valence-corrected chi connectivity index (χ0v) is 17.0. The summed E-state index contributed by atoms with van der Waals surface area (Å²) in [7, 11) is 1.66. The molecule has 0 fully saturated rings. The summed E-state index contributed by atoms with van der Waals surface area (Å²) in [6, 6.07) is 7.89. The molecule has 0 atom stereocenters. The van der Waals surface area contributed by atoms with Gasteiger partial charge in [-0.15, -0.1) is 20.4 Å². The maximum Gasteiger partial charge on any atom is 0.226 e. The van der Waals surface area contributed by atoms with E-state index in [1.54, 1.807) is 18.9 Å². The molecule has 0 N–H and O–H groups in total. The third-order valence-electron chi connectivity index (χ3n) is 4.10. The second-order valence-corrected chi connectivity index (χ2v) is 7.46. The van der Waals surface area contributed by atoms with Crippen molar-refractivity contribution in [2.45, 2.75) is 57.0 Å². The molecule has 3 rings (SSSR count). The number of rotatable bonds is 9. The predicted molar refractivity (Wildman–Crippen MR) is 105 cm³/mol. The van der Waals surface area contributed by atoms with Crippen LogP contribution in [0.5, 0.6) is 5.75 Å². The summed E-state index contributed by atoms with van der Waals surface area (Å²) in [4.78, 5) is 0. The van der Waals surface area contributed by atoms with Crippen LogP contribution in [0.4, 0.5) is 0 Å². The van der Waals surface area contributed by atoms with Gasteiger partial charge in [0.2, 0.25) is 11.8 Å². The van der Waals surface area contributed by atoms with E-state index in [9.17, 15) is 0 Å². The summed E-state index contributed by atoms with van der Waals surface area (Å²) in [5.74, 6) is 3.77. The Morgan fingerprint density at radius 1 is 1.11 bits per heavy atom. The van der Waals surface area contributed by atoms with E-state index in [0.29, 0.717) is 17.5 Å². The highest BCUT2D eigenvalue weighted by atomic mass is 32.2. The normalized spacial score (nSPS) is 11.3. The topological polar surface area (TPSA) is 78.9 Å². The van der Waals surface area contributed by atoms with E-state index in [1.165, 1.54) is 0 Å². The number of unbranched alkanes of at least 4 members (excludes halogenated alkanes) is 1. The minimum atomic E-state index is 0.228. The van der Waals surface area contributed by atoms with Gasteiger partial charge in [-0.25, -0.2) is 0 Å². The van der Waals surface area contributed by atoms with Gasteiger partial charge in [0.1, 0.15) is 5.75 Å². The van der Waals surface area contributed by atoms with Crippen LogP contribution in [0.25, 0.3) is 11.4 Å². The average molecular weight is 388 g/mol. The molecule has 0 saturated heterocycles. The quantitative estimate of drug-likeness (QED) is 0.498. The van der Waals surface area contributed by atoms with Crippen molar-refractivity contribution < 1.29 is 9.15 Å². The number of hydrogen-bond acceptors (Lipinski definition) is 7. The standard InChI is InChI=1S/C19H25N5O2S/c1-5-6-11-24-17(14-7-9-15(25-4)10-8-14)21-23-19(24)27-12-16-20-22-18(26-16)13(2)3/h7-10,13H,5-6,11-12H2,1-4H3. The largest absolute Gasteiger partial charge is 0.497 e. The van der Waals surface area contributed by atoms with E-state index in [2.05, 4.69) is 31.9 Å². The summed E-state index contributed by atoms with van der Waals surface area (Å²) >= 11 is 1.57. The number of aromatic nitrogens is 5. The zero-order valence-electron chi connectivity index (χ0n) is 16.2. The Labute approximate surface area is 163 Å². The van der Waals surface area contributed by atoms with Gasteiger partial charge in [0.25, 0.3) is 0 Å². The smallest absolute Gasteiger partial charge is 0.226 e. The zero-order chi connectivity index (χ0) is 19.2. The highest BCUT2D eigenvalue weighted by Gasteiger charge is 2.16. The van der Waals surface area contributed by atoms with Crippen molar-refractivity contribution >= 4 is 11.8 Å². The third kappa shape index (κ3) is 4.68. The maximum atomic E-state index is 5.69. The van der Waals surface area contributed by atoms with Crippen LogP contribution in [0.15, 0.2) is 33.8 Å². The van der Waals surface area contributed by atoms with Crippen molar-refractivity contribution in [3.63, 3.8) is 0 Å². The lowest BCUT2D eigenvalue weighted by Crippen LogP contribution is -2.02. The molecule has 0 aliphatic heterocycles. The number of hydrogen-bond donors (Lipinski definition) is 0. The van der Waals surface area contributed by atoms with Crippen LogP contribution in [0.3, 0.4) is 0 Å². The molecule has 0 unspecified atom stereocenters. The van der Waals surface area contributed by atoms with Gasteiger partial charge in [-0.1, -0.05) is 39.0 Å². The summed E-state index contributed by atoms with van der Waals surface area (Å²) in [6.45, 7) is 7.12. The van der Waals surface area contributed by atoms with Gasteiger partial charge >= 0.3 is 0 Å². The molecule has 1 aromatic carbocycles. The average Bonchev–Trinajstić information content (AvgIpc) is 3.32. The molecule has 2 aromatic heterocycles. The lowest BCUT2D eigenvalue weighted by Gasteiger charge is -2.09. The Morgan fingerprint density at radius 3 is 2.52 bits per heavy atom. The number of benzene rings is 1. The molecule has 0 bridgehead atoms. The minimum Gasteiger partial charge on any atom is -0.497 e. The van der Waals surface area contributed by atoms with Gasteiger partial charge in [-0.05, 0) is 30.7 Å². The van der Waals surface area contributed by atoms with Crippen LogP contribution >= 0.6 is 11.8 Å². The van der Waals surface area contributed by atoms with E-state index >= 15 is 0 Å². The maximum absolute atomic E-state index is 5.69. The predicted octanol–water partition coefficient (Wildman–Crippen LogP) is 4.55. The van der Waals surface area contributed by atoms with Crippen molar-refractivity contribution in [1.82, 2.24) is 25.0 Å². The van der Waals surface area contributed by atoms with Gasteiger partial charge in [-0.2, -0.15) is 0 Å². The summed E-state index contributed by atoms with van der Waals surface area (Å²) in [5.41, 5.74) is 1.02. The van der Waals surface area contributed by atoms with E-state index in [4.69, 9.17) is 9.15 Å². The summed E-state index contributed by atoms with van der Waals surface area (Å²) in [6.07, 6.45) is 2.17. The van der Waals surface area contributed by atoms with E-state index in [0.717, 1.165) is 41.7 Å². The van der Waals surface area contributed by atoms with Crippen LogP contribution in [0.1, 0.15) is 51.3 Å². The Balaban J connectivity index is 1.80. The highest BCUT2D eigenvalue weighted by Crippen LogP contribution is 2.28. The van der Waals surface area contributed by atoms with Gasteiger partial charge in [0, 0.05) is 18.0 Å². The Hall–Kier alpha value is -2.35. The first-order valence-electron chi connectivity index (χ1n) is 9.15. The fourth-order valence-corrected chi connectivity index (χ4v) is 3.35. The van der Waals surface area contributed by atoms with Gasteiger partial charge in [0.15, 0.2) is 11.0 Å². The molecule has 0 spiro atoms. The minimum absolute atomic E-state index is 0.228. The molecule has 7 nitrogen and oxygen atoms in total. The second-order valence-electron chi connectivity index (χ2n) is 6.52. The SMILES string of the molecule is CCCCn1c(SCc2nnc(C(C)C)o2)nnc1-c1ccc(OC)cc1. The Morgan fingerprint density at radius 2 is 1.89 bits per heavy atom. The van der Waals surface area contributed by atoms with Gasteiger partial charge < -0.3 is 13.7 Å². The monoisotopic (exact) mass is 387 g/mol. The molecule has 27 heavy (non-hydrogen) atoms. The molecule has 144 valence electrons. The molecule has 0 saturated carbocycles. The van der Waals surface area contributed by atoms with Crippen LogP contribution in [0.2, 0.25) is 0 Å². The fourth-order valence-electron chi connectivity index (χ4n) is 2.55. The second kappa shape index (κ2) is 9.03. The van der Waals surface area contributed by atoms with E-state index in [1.807, 2.05) is 38.1 Å². The van der Waals surface area contributed by atoms with E-state index < -0.39 is 0 Å². The van der Waals surface area contributed by atoms with Crippen LogP contribution in [0, 0.1) is 0 Å². The van der Waals surface area contributed by atoms with Crippen molar-refractivity contribution in [3.8, 4) is 17.1 Å². The van der Waals surface area contributed by atoms with Gasteiger partial charge in [-0.3, -0.25) is 0 Å². The molecule has 3 aromatic rings. The van der Waals surface area contributed by atoms with E-state index in [-0.39, 0.29) is 5.92 Å². The molecular formula is C19H25N5O2S. The Bertz CT molecular complexity index is 857.